The molecule has 0 fully saturated rings. The number of rotatable bonds is 7. The molecule has 0 saturated carbocycles. The first-order chi connectivity index (χ1) is 18.2. The number of hydrogen-bond donors (Lipinski definition) is 2. The van der Waals surface area contributed by atoms with Gasteiger partial charge in [0.2, 0.25) is 5.91 Å². The van der Waals surface area contributed by atoms with E-state index in [-0.39, 0.29) is 12.3 Å². The van der Waals surface area contributed by atoms with Crippen LogP contribution < -0.4 is 5.32 Å². The summed E-state index contributed by atoms with van der Waals surface area (Å²) in [5, 5.41) is 15.1. The molecule has 38 heavy (non-hydrogen) atoms. The minimum atomic E-state index is -1.41. The monoisotopic (exact) mass is 505 g/mol. The van der Waals surface area contributed by atoms with Crippen LogP contribution in [0.25, 0.3) is 22.1 Å². The second-order valence-corrected chi connectivity index (χ2v) is 10.0. The Labute approximate surface area is 222 Å². The minimum Gasteiger partial charge on any atom is -0.458 e. The molecule has 0 aliphatic rings. The third-order valence-electron chi connectivity index (χ3n) is 6.89. The van der Waals surface area contributed by atoms with E-state index in [1.54, 1.807) is 19.1 Å². The molecule has 0 unspecified atom stereocenters. The van der Waals surface area contributed by atoms with Crippen LogP contribution in [0.15, 0.2) is 83.5 Å². The summed E-state index contributed by atoms with van der Waals surface area (Å²) in [6, 6.07) is 23.8. The third kappa shape index (κ3) is 5.22. The SMILES string of the molecule is Cc1ccc(-c2ccccc2CNC(=O)Cc2ccc3oc([C@@](C)(O)c4cc(C)ncn4)cc3c2)c(C)c1. The van der Waals surface area contributed by atoms with Gasteiger partial charge in [0.05, 0.1) is 12.1 Å². The van der Waals surface area contributed by atoms with Gasteiger partial charge in [0.25, 0.3) is 0 Å². The molecule has 192 valence electrons. The van der Waals surface area contributed by atoms with Gasteiger partial charge in [-0.15, -0.1) is 0 Å². The number of hydrogen-bond acceptors (Lipinski definition) is 5. The Balaban J connectivity index is 1.30. The van der Waals surface area contributed by atoms with E-state index in [0.29, 0.717) is 23.6 Å². The van der Waals surface area contributed by atoms with Gasteiger partial charge < -0.3 is 14.8 Å². The maximum absolute atomic E-state index is 12.9. The van der Waals surface area contributed by atoms with Gasteiger partial charge in [-0.2, -0.15) is 0 Å². The maximum Gasteiger partial charge on any atom is 0.224 e. The molecule has 2 heterocycles. The number of nitrogens with zero attached hydrogens (tertiary/aromatic N) is 2. The number of fused-ring (bicyclic) bond motifs is 1. The van der Waals surface area contributed by atoms with Crippen LogP contribution in [0.5, 0.6) is 0 Å². The van der Waals surface area contributed by atoms with Gasteiger partial charge >= 0.3 is 0 Å². The van der Waals surface area contributed by atoms with E-state index < -0.39 is 5.60 Å². The smallest absolute Gasteiger partial charge is 0.224 e. The van der Waals surface area contributed by atoms with Crippen LogP contribution in [-0.2, 0) is 23.4 Å². The molecule has 2 N–H and O–H groups in total. The van der Waals surface area contributed by atoms with E-state index in [4.69, 9.17) is 4.42 Å². The quantitative estimate of drug-likeness (QED) is 0.286. The zero-order valence-electron chi connectivity index (χ0n) is 22.1. The number of carbonyl (C=O) groups is 1. The van der Waals surface area contributed by atoms with Gasteiger partial charge in [-0.1, -0.05) is 54.1 Å². The summed E-state index contributed by atoms with van der Waals surface area (Å²) < 4.78 is 5.95. The first-order valence-corrected chi connectivity index (χ1v) is 12.7. The number of nitrogens with one attached hydrogen (secondary N) is 1. The summed E-state index contributed by atoms with van der Waals surface area (Å²) >= 11 is 0. The van der Waals surface area contributed by atoms with Crippen LogP contribution in [0.4, 0.5) is 0 Å². The summed E-state index contributed by atoms with van der Waals surface area (Å²) in [6.45, 7) is 8.15. The number of aryl methyl sites for hydroxylation is 3. The molecule has 5 rings (SSSR count). The van der Waals surface area contributed by atoms with Crippen molar-refractivity contribution >= 4 is 16.9 Å². The maximum atomic E-state index is 12.9. The van der Waals surface area contributed by atoms with Gasteiger partial charge in [0.15, 0.2) is 5.60 Å². The fourth-order valence-corrected chi connectivity index (χ4v) is 4.78. The molecule has 3 aromatic carbocycles. The molecule has 0 aliphatic heterocycles. The number of aliphatic hydroxyl groups is 1. The number of furan rings is 1. The van der Waals surface area contributed by atoms with Crippen molar-refractivity contribution in [3.63, 3.8) is 0 Å². The zero-order valence-corrected chi connectivity index (χ0v) is 22.1. The Hall–Kier alpha value is -4.29. The molecule has 6 nitrogen and oxygen atoms in total. The van der Waals surface area contributed by atoms with Crippen LogP contribution in [0.3, 0.4) is 0 Å². The van der Waals surface area contributed by atoms with Crippen molar-refractivity contribution in [2.24, 2.45) is 0 Å². The lowest BCUT2D eigenvalue weighted by Gasteiger charge is -2.19. The van der Waals surface area contributed by atoms with E-state index in [9.17, 15) is 9.90 Å². The standard InChI is InChI=1S/C32H31N3O3/c1-20-9-11-26(21(2)13-20)27-8-6-5-7-24(27)18-33-31(36)16-23-10-12-28-25(15-23)17-30(38-28)32(4,37)29-14-22(3)34-19-35-29/h5-15,17,19,37H,16,18H2,1-4H3,(H,33,36)/t32-/m0/s1. The lowest BCUT2D eigenvalue weighted by Crippen LogP contribution is -2.24. The highest BCUT2D eigenvalue weighted by atomic mass is 16.4. The molecule has 0 aliphatic carbocycles. The van der Waals surface area contributed by atoms with Gasteiger partial charge in [0, 0.05) is 17.6 Å². The van der Waals surface area contributed by atoms with E-state index in [0.717, 1.165) is 27.8 Å². The largest absolute Gasteiger partial charge is 0.458 e. The summed E-state index contributed by atoms with van der Waals surface area (Å²) in [5.41, 5.74) is 7.13. The van der Waals surface area contributed by atoms with Crippen molar-refractivity contribution in [2.45, 2.75) is 46.3 Å². The molecule has 2 aromatic heterocycles. The lowest BCUT2D eigenvalue weighted by molar-refractivity contribution is -0.120. The molecule has 5 aromatic rings. The van der Waals surface area contributed by atoms with Crippen LogP contribution in [0.1, 0.15) is 46.3 Å². The average Bonchev–Trinajstić information content (AvgIpc) is 3.32. The molecule has 0 radical (unpaired) electrons. The molecule has 0 bridgehead atoms. The summed E-state index contributed by atoms with van der Waals surface area (Å²) in [7, 11) is 0. The first-order valence-electron chi connectivity index (χ1n) is 12.7. The van der Waals surface area contributed by atoms with Crippen molar-refractivity contribution in [3.05, 3.63) is 119 Å². The topological polar surface area (TPSA) is 88.2 Å². The van der Waals surface area contributed by atoms with Crippen molar-refractivity contribution in [1.82, 2.24) is 15.3 Å². The molecule has 1 atom stereocenters. The molecule has 0 spiro atoms. The van der Waals surface area contributed by atoms with Crippen molar-refractivity contribution in [3.8, 4) is 11.1 Å². The lowest BCUT2D eigenvalue weighted by atomic mass is 9.95. The van der Waals surface area contributed by atoms with E-state index in [2.05, 4.69) is 59.5 Å². The number of aromatic nitrogens is 2. The Morgan fingerprint density at radius 3 is 2.55 bits per heavy atom. The van der Waals surface area contributed by atoms with E-state index >= 15 is 0 Å². The van der Waals surface area contributed by atoms with Crippen molar-refractivity contribution in [2.75, 3.05) is 0 Å². The van der Waals surface area contributed by atoms with Crippen LogP contribution >= 0.6 is 0 Å². The summed E-state index contributed by atoms with van der Waals surface area (Å²) in [6.07, 6.45) is 1.67. The highest BCUT2D eigenvalue weighted by Gasteiger charge is 2.31. The normalized spacial score (nSPS) is 12.9. The number of benzene rings is 3. The Bertz CT molecular complexity index is 1630. The summed E-state index contributed by atoms with van der Waals surface area (Å²) in [4.78, 5) is 21.2. The second kappa shape index (κ2) is 10.2. The second-order valence-electron chi connectivity index (χ2n) is 10.0. The van der Waals surface area contributed by atoms with Gasteiger partial charge in [0.1, 0.15) is 17.7 Å². The molecular formula is C32H31N3O3. The van der Waals surface area contributed by atoms with Crippen molar-refractivity contribution < 1.29 is 14.3 Å². The highest BCUT2D eigenvalue weighted by molar-refractivity contribution is 5.83. The van der Waals surface area contributed by atoms with Crippen LogP contribution in [-0.4, -0.2) is 21.0 Å². The minimum absolute atomic E-state index is 0.0630. The van der Waals surface area contributed by atoms with Gasteiger partial charge in [-0.05, 0) is 79.8 Å². The van der Waals surface area contributed by atoms with E-state index in [1.807, 2.05) is 37.3 Å². The molecule has 1 amide bonds. The average molecular weight is 506 g/mol. The number of carbonyl (C=O) groups excluding carboxylic acids is 1. The van der Waals surface area contributed by atoms with E-state index in [1.165, 1.54) is 23.0 Å². The Morgan fingerprint density at radius 1 is 0.947 bits per heavy atom. The Kier molecular flexibility index (Phi) is 6.83. The predicted octanol–water partition coefficient (Wildman–Crippen LogP) is 5.93. The van der Waals surface area contributed by atoms with Crippen molar-refractivity contribution in [1.29, 1.82) is 0 Å². The first kappa shape index (κ1) is 25.4. The predicted molar refractivity (Wildman–Crippen MR) is 149 cm³/mol. The third-order valence-corrected chi connectivity index (χ3v) is 6.89. The molecule has 6 heteroatoms. The fourth-order valence-electron chi connectivity index (χ4n) is 4.78. The molecular weight excluding hydrogens is 474 g/mol. The van der Waals surface area contributed by atoms with Gasteiger partial charge in [-0.3, -0.25) is 4.79 Å². The molecule has 0 saturated heterocycles. The Morgan fingerprint density at radius 2 is 1.76 bits per heavy atom. The van der Waals surface area contributed by atoms with Crippen LogP contribution in [0, 0.1) is 20.8 Å². The fraction of sp³-hybridized carbons (Fsp3) is 0.219. The highest BCUT2D eigenvalue weighted by Crippen LogP contribution is 2.33. The van der Waals surface area contributed by atoms with Gasteiger partial charge in [-0.25, -0.2) is 9.97 Å². The number of amides is 1. The summed E-state index contributed by atoms with van der Waals surface area (Å²) in [5.74, 6) is 0.321. The zero-order chi connectivity index (χ0) is 26.9. The van der Waals surface area contributed by atoms with Crippen LogP contribution in [0.2, 0.25) is 0 Å².